The van der Waals surface area contributed by atoms with Crippen molar-refractivity contribution in [3.63, 3.8) is 0 Å². The van der Waals surface area contributed by atoms with Crippen LogP contribution in [0.25, 0.3) is 16.8 Å². The molecule has 0 saturated carbocycles. The first-order chi connectivity index (χ1) is 14.0. The van der Waals surface area contributed by atoms with E-state index in [1.54, 1.807) is 10.7 Å². The van der Waals surface area contributed by atoms with E-state index in [2.05, 4.69) is 55.7 Å². The lowest BCUT2D eigenvalue weighted by molar-refractivity contribution is 0.252. The molecule has 1 aliphatic heterocycles. The number of hydrogen-bond donors (Lipinski definition) is 2. The largest absolute Gasteiger partial charge is 0.355 e. The van der Waals surface area contributed by atoms with Gasteiger partial charge in [-0.05, 0) is 50.7 Å². The fourth-order valence-electron chi connectivity index (χ4n) is 3.69. The van der Waals surface area contributed by atoms with Crippen LogP contribution in [0.5, 0.6) is 0 Å². The summed E-state index contributed by atoms with van der Waals surface area (Å²) in [6.07, 6.45) is 4.68. The summed E-state index contributed by atoms with van der Waals surface area (Å²) >= 11 is 0. The Hall–Kier alpha value is -3.20. The van der Waals surface area contributed by atoms with Crippen LogP contribution in [0.15, 0.2) is 36.7 Å². The number of fused-ring (bicyclic) bond motifs is 1. The molecule has 3 aromatic rings. The van der Waals surface area contributed by atoms with E-state index in [1.807, 2.05) is 31.3 Å². The van der Waals surface area contributed by atoms with Gasteiger partial charge < -0.3 is 15.1 Å². The Bertz CT molecular complexity index is 1000. The van der Waals surface area contributed by atoms with Gasteiger partial charge >= 0.3 is 6.03 Å². The highest BCUT2D eigenvalue weighted by atomic mass is 16.2. The maximum absolute atomic E-state index is 11.9. The SMILES string of the molecule is CCNC(=O)Nc1nc2cc(-c3cccnc3)cc(N(C)C3CCN(C)C3)n2n1. The number of amides is 2. The van der Waals surface area contributed by atoms with Gasteiger partial charge in [0.05, 0.1) is 0 Å². The van der Waals surface area contributed by atoms with Crippen molar-refractivity contribution >= 4 is 23.4 Å². The van der Waals surface area contributed by atoms with Crippen molar-refractivity contribution < 1.29 is 4.79 Å². The van der Waals surface area contributed by atoms with Crippen LogP contribution in [0, 0.1) is 0 Å². The normalized spacial score (nSPS) is 16.9. The highest BCUT2D eigenvalue weighted by molar-refractivity contribution is 5.87. The average Bonchev–Trinajstić information content (AvgIpc) is 3.33. The van der Waals surface area contributed by atoms with Gasteiger partial charge in [-0.25, -0.2) is 4.79 Å². The smallest absolute Gasteiger partial charge is 0.321 e. The minimum atomic E-state index is -0.316. The summed E-state index contributed by atoms with van der Waals surface area (Å²) in [6.45, 7) is 4.46. The molecular formula is C20H26N8O. The van der Waals surface area contributed by atoms with Crippen molar-refractivity contribution in [2.45, 2.75) is 19.4 Å². The molecule has 1 fully saturated rings. The molecule has 4 rings (SSSR count). The highest BCUT2D eigenvalue weighted by Crippen LogP contribution is 2.28. The number of nitrogens with zero attached hydrogens (tertiary/aromatic N) is 6. The Labute approximate surface area is 169 Å². The number of pyridine rings is 2. The molecule has 2 amide bonds. The monoisotopic (exact) mass is 394 g/mol. The van der Waals surface area contributed by atoms with Gasteiger partial charge in [0.25, 0.3) is 5.95 Å². The lowest BCUT2D eigenvalue weighted by Crippen LogP contribution is -2.35. The molecule has 29 heavy (non-hydrogen) atoms. The topological polar surface area (TPSA) is 90.7 Å². The Morgan fingerprint density at radius 3 is 2.90 bits per heavy atom. The van der Waals surface area contributed by atoms with Gasteiger partial charge in [-0.3, -0.25) is 10.3 Å². The molecule has 2 N–H and O–H groups in total. The van der Waals surface area contributed by atoms with E-state index in [4.69, 9.17) is 0 Å². The summed E-state index contributed by atoms with van der Waals surface area (Å²) in [4.78, 5) is 25.3. The molecule has 9 heteroatoms. The second-order valence-electron chi connectivity index (χ2n) is 7.35. The summed E-state index contributed by atoms with van der Waals surface area (Å²) < 4.78 is 1.79. The van der Waals surface area contributed by atoms with Crippen molar-refractivity contribution in [2.24, 2.45) is 0 Å². The average molecular weight is 394 g/mol. The zero-order valence-corrected chi connectivity index (χ0v) is 17.0. The molecule has 0 spiro atoms. The first kappa shape index (κ1) is 19.1. The van der Waals surface area contributed by atoms with Crippen LogP contribution in [0.2, 0.25) is 0 Å². The van der Waals surface area contributed by atoms with Crippen LogP contribution in [-0.2, 0) is 0 Å². The van der Waals surface area contributed by atoms with Gasteiger partial charge in [0.15, 0.2) is 5.65 Å². The highest BCUT2D eigenvalue weighted by Gasteiger charge is 2.26. The molecule has 1 aliphatic rings. The van der Waals surface area contributed by atoms with Gasteiger partial charge in [-0.15, -0.1) is 5.10 Å². The summed E-state index contributed by atoms with van der Waals surface area (Å²) in [7, 11) is 4.23. The molecule has 1 unspecified atom stereocenters. The van der Waals surface area contributed by atoms with E-state index < -0.39 is 0 Å². The van der Waals surface area contributed by atoms with Gasteiger partial charge in [0.1, 0.15) is 5.82 Å². The van der Waals surface area contributed by atoms with Crippen LogP contribution < -0.4 is 15.5 Å². The molecule has 152 valence electrons. The number of hydrogen-bond acceptors (Lipinski definition) is 6. The molecular weight excluding hydrogens is 368 g/mol. The fraction of sp³-hybridized carbons (Fsp3) is 0.400. The fourth-order valence-corrected chi connectivity index (χ4v) is 3.69. The molecule has 1 atom stereocenters. The molecule has 1 saturated heterocycles. The maximum Gasteiger partial charge on any atom is 0.321 e. The van der Waals surface area contributed by atoms with Crippen LogP contribution in [0.3, 0.4) is 0 Å². The van der Waals surface area contributed by atoms with Gasteiger partial charge in [0.2, 0.25) is 0 Å². The third-order valence-corrected chi connectivity index (χ3v) is 5.25. The number of carbonyl (C=O) groups excluding carboxylic acids is 1. The standard InChI is InChI=1S/C20H26N8O/c1-4-22-20(29)24-19-23-17-10-15(14-6-5-8-21-12-14)11-18(28(17)25-19)27(3)16-7-9-26(2)13-16/h5-6,8,10-12,16H,4,7,9,13H2,1-3H3,(H2,22,24,25,29). The number of nitrogens with one attached hydrogen (secondary N) is 2. The van der Waals surface area contributed by atoms with Crippen molar-refractivity contribution in [3.8, 4) is 11.1 Å². The summed E-state index contributed by atoms with van der Waals surface area (Å²) in [6, 6.07) is 8.08. The molecule has 0 aliphatic carbocycles. The van der Waals surface area contributed by atoms with Gasteiger partial charge in [-0.2, -0.15) is 9.50 Å². The molecule has 0 bridgehead atoms. The van der Waals surface area contributed by atoms with Crippen LogP contribution >= 0.6 is 0 Å². The minimum Gasteiger partial charge on any atom is -0.355 e. The summed E-state index contributed by atoms with van der Waals surface area (Å²) in [5.41, 5.74) is 2.69. The van der Waals surface area contributed by atoms with Crippen molar-refractivity contribution in [2.75, 3.05) is 43.9 Å². The van der Waals surface area contributed by atoms with Crippen LogP contribution in [-0.4, -0.2) is 70.3 Å². The quantitative estimate of drug-likeness (QED) is 0.689. The minimum absolute atomic E-state index is 0.275. The van der Waals surface area contributed by atoms with E-state index >= 15 is 0 Å². The maximum atomic E-state index is 11.9. The Balaban J connectivity index is 1.77. The van der Waals surface area contributed by atoms with E-state index in [0.29, 0.717) is 18.2 Å². The number of likely N-dealkylation sites (N-methyl/N-ethyl adjacent to an activating group) is 2. The molecule has 4 heterocycles. The van der Waals surface area contributed by atoms with Gasteiger partial charge in [-0.1, -0.05) is 6.07 Å². The van der Waals surface area contributed by atoms with E-state index in [9.17, 15) is 4.79 Å². The lowest BCUT2D eigenvalue weighted by atomic mass is 10.1. The molecule has 9 nitrogen and oxygen atoms in total. The number of likely N-dealkylation sites (tertiary alicyclic amines) is 1. The van der Waals surface area contributed by atoms with E-state index in [-0.39, 0.29) is 12.0 Å². The van der Waals surface area contributed by atoms with Crippen LogP contribution in [0.1, 0.15) is 13.3 Å². The molecule has 0 radical (unpaired) electrons. The molecule has 0 aromatic carbocycles. The Kier molecular flexibility index (Phi) is 5.30. The second kappa shape index (κ2) is 8.04. The third kappa shape index (κ3) is 4.00. The summed E-state index contributed by atoms with van der Waals surface area (Å²) in [5.74, 6) is 1.20. The Morgan fingerprint density at radius 1 is 1.34 bits per heavy atom. The lowest BCUT2D eigenvalue weighted by Gasteiger charge is -2.27. The number of carbonyl (C=O) groups is 1. The second-order valence-corrected chi connectivity index (χ2v) is 7.35. The van der Waals surface area contributed by atoms with Crippen molar-refractivity contribution in [1.82, 2.24) is 29.8 Å². The van der Waals surface area contributed by atoms with Crippen molar-refractivity contribution in [3.05, 3.63) is 36.7 Å². The zero-order valence-electron chi connectivity index (χ0n) is 17.0. The number of rotatable bonds is 5. The number of aromatic nitrogens is 4. The van der Waals surface area contributed by atoms with Crippen LogP contribution in [0.4, 0.5) is 16.6 Å². The zero-order chi connectivity index (χ0) is 20.4. The van der Waals surface area contributed by atoms with E-state index in [1.165, 1.54) is 0 Å². The first-order valence-electron chi connectivity index (χ1n) is 9.82. The molecule has 3 aromatic heterocycles. The first-order valence-corrected chi connectivity index (χ1v) is 9.82. The summed E-state index contributed by atoms with van der Waals surface area (Å²) in [5, 5.41) is 9.95. The van der Waals surface area contributed by atoms with Crippen molar-refractivity contribution in [1.29, 1.82) is 0 Å². The third-order valence-electron chi connectivity index (χ3n) is 5.25. The predicted molar refractivity (Wildman–Crippen MR) is 113 cm³/mol. The number of anilines is 2. The Morgan fingerprint density at radius 2 is 2.21 bits per heavy atom. The number of urea groups is 1. The van der Waals surface area contributed by atoms with E-state index in [0.717, 1.165) is 36.5 Å². The predicted octanol–water partition coefficient (Wildman–Crippen LogP) is 2.07. The van der Waals surface area contributed by atoms with Gasteiger partial charge in [0, 0.05) is 44.1 Å².